The molecule has 146 valence electrons. The molecule has 0 fully saturated rings. The first kappa shape index (κ1) is 20.5. The highest BCUT2D eigenvalue weighted by Gasteiger charge is 2.24. The predicted molar refractivity (Wildman–Crippen MR) is 114 cm³/mol. The number of ketones is 1. The van der Waals surface area contributed by atoms with Crippen molar-refractivity contribution in [2.45, 2.75) is 44.9 Å². The summed E-state index contributed by atoms with van der Waals surface area (Å²) in [6, 6.07) is 7.58. The summed E-state index contributed by atoms with van der Waals surface area (Å²) in [6.45, 7) is 9.66. The molecule has 1 unspecified atom stereocenters. The highest BCUT2D eigenvalue weighted by atomic mass is 32.2. The van der Waals surface area contributed by atoms with Crippen LogP contribution in [0.1, 0.15) is 50.8 Å². The van der Waals surface area contributed by atoms with Gasteiger partial charge in [0.15, 0.2) is 5.78 Å². The molecule has 2 aromatic heterocycles. The lowest BCUT2D eigenvalue weighted by molar-refractivity contribution is 0.0531. The van der Waals surface area contributed by atoms with Crippen LogP contribution in [0.5, 0.6) is 0 Å². The first-order chi connectivity index (χ1) is 13.3. The van der Waals surface area contributed by atoms with E-state index in [1.165, 1.54) is 23.1 Å². The van der Waals surface area contributed by atoms with E-state index in [4.69, 9.17) is 4.74 Å². The fraction of sp³-hybridized carbons (Fsp3) is 0.333. The van der Waals surface area contributed by atoms with E-state index in [1.54, 1.807) is 6.92 Å². The number of benzene rings is 1. The van der Waals surface area contributed by atoms with Crippen LogP contribution in [0.4, 0.5) is 0 Å². The Morgan fingerprint density at radius 2 is 1.82 bits per heavy atom. The minimum Gasteiger partial charge on any atom is -0.462 e. The van der Waals surface area contributed by atoms with Gasteiger partial charge < -0.3 is 4.74 Å². The van der Waals surface area contributed by atoms with Crippen molar-refractivity contribution in [1.29, 1.82) is 0 Å². The number of aromatic nitrogens is 2. The normalized spacial score (nSPS) is 12.2. The fourth-order valence-corrected chi connectivity index (χ4v) is 5.17. The summed E-state index contributed by atoms with van der Waals surface area (Å²) in [5.41, 5.74) is 2.60. The smallest absolute Gasteiger partial charge is 0.348 e. The fourth-order valence-electron chi connectivity index (χ4n) is 2.85. The number of hydrogen-bond acceptors (Lipinski definition) is 7. The molecule has 3 aromatic rings. The number of Topliss-reactive ketones (excluding diaryl/α,β-unsaturated/α-hetero) is 1. The average molecular weight is 415 g/mol. The zero-order valence-electron chi connectivity index (χ0n) is 16.5. The van der Waals surface area contributed by atoms with Crippen LogP contribution in [-0.2, 0) is 4.74 Å². The number of esters is 1. The van der Waals surface area contributed by atoms with Crippen LogP contribution in [0, 0.1) is 20.8 Å². The van der Waals surface area contributed by atoms with E-state index in [-0.39, 0.29) is 17.0 Å². The van der Waals surface area contributed by atoms with Crippen LogP contribution in [0.3, 0.4) is 0 Å². The maximum absolute atomic E-state index is 12.8. The lowest BCUT2D eigenvalue weighted by Gasteiger charge is -2.12. The zero-order valence-corrected chi connectivity index (χ0v) is 18.2. The van der Waals surface area contributed by atoms with Gasteiger partial charge in [-0.25, -0.2) is 14.8 Å². The molecule has 0 aliphatic carbocycles. The van der Waals surface area contributed by atoms with Gasteiger partial charge in [-0.05, 0) is 40.2 Å². The number of thiophene rings is 1. The van der Waals surface area contributed by atoms with E-state index in [2.05, 4.69) is 9.97 Å². The number of carbonyl (C=O) groups is 2. The molecule has 0 amide bonds. The molecular weight excluding hydrogens is 392 g/mol. The second kappa shape index (κ2) is 8.41. The van der Waals surface area contributed by atoms with E-state index < -0.39 is 0 Å². The predicted octanol–water partition coefficient (Wildman–Crippen LogP) is 5.16. The van der Waals surface area contributed by atoms with E-state index >= 15 is 0 Å². The molecule has 0 aliphatic rings. The van der Waals surface area contributed by atoms with Crippen molar-refractivity contribution in [3.8, 4) is 0 Å². The summed E-state index contributed by atoms with van der Waals surface area (Å²) in [7, 11) is 0. The molecule has 0 bridgehead atoms. The van der Waals surface area contributed by atoms with Gasteiger partial charge >= 0.3 is 5.97 Å². The van der Waals surface area contributed by atoms with Gasteiger partial charge in [0.25, 0.3) is 0 Å². The molecule has 0 spiro atoms. The summed E-state index contributed by atoms with van der Waals surface area (Å²) in [5, 5.41) is 1.23. The summed E-state index contributed by atoms with van der Waals surface area (Å²) in [6.07, 6.45) is 0. The maximum atomic E-state index is 12.8. The number of ether oxygens (including phenoxy) is 1. The Balaban J connectivity index is 1.96. The average Bonchev–Trinajstić information content (AvgIpc) is 2.98. The molecule has 0 saturated heterocycles. The number of hydrogen-bond donors (Lipinski definition) is 0. The molecule has 7 heteroatoms. The van der Waals surface area contributed by atoms with Crippen LogP contribution >= 0.6 is 23.1 Å². The molecule has 1 aromatic carbocycles. The summed E-state index contributed by atoms with van der Waals surface area (Å²) < 4.78 is 5.16. The van der Waals surface area contributed by atoms with Crippen LogP contribution in [0.15, 0.2) is 29.3 Å². The van der Waals surface area contributed by atoms with Crippen molar-refractivity contribution < 1.29 is 14.3 Å². The highest BCUT2D eigenvalue weighted by Crippen LogP contribution is 2.37. The Morgan fingerprint density at radius 1 is 1.14 bits per heavy atom. The largest absolute Gasteiger partial charge is 0.462 e. The number of rotatable bonds is 6. The number of aryl methyl sites for hydroxylation is 3. The monoisotopic (exact) mass is 414 g/mol. The minimum atomic E-state index is -0.347. The standard InChI is InChI=1S/C21H22N2O3S2/c1-6-26-21(25)18-12(3)16-19(22-14(5)23-20(16)28-18)27-13(4)17(24)15-9-7-11(2)8-10-15/h7-10,13H,6H2,1-5H3. The summed E-state index contributed by atoms with van der Waals surface area (Å²) in [5.74, 6) is 0.315. The highest BCUT2D eigenvalue weighted by molar-refractivity contribution is 8.00. The van der Waals surface area contributed by atoms with Crippen molar-refractivity contribution in [3.05, 3.63) is 51.7 Å². The third kappa shape index (κ3) is 4.10. The number of nitrogens with zero attached hydrogens (tertiary/aromatic N) is 2. The van der Waals surface area contributed by atoms with Gasteiger partial charge in [0.05, 0.1) is 11.9 Å². The Bertz CT molecular complexity index is 1040. The van der Waals surface area contributed by atoms with Crippen LogP contribution in [0.2, 0.25) is 0 Å². The van der Waals surface area contributed by atoms with Gasteiger partial charge in [-0.1, -0.05) is 41.6 Å². The Hall–Kier alpha value is -2.25. The zero-order chi connectivity index (χ0) is 20.4. The van der Waals surface area contributed by atoms with Gasteiger partial charge in [0, 0.05) is 10.9 Å². The third-order valence-electron chi connectivity index (χ3n) is 4.32. The van der Waals surface area contributed by atoms with Crippen molar-refractivity contribution in [2.75, 3.05) is 6.61 Å². The number of thioether (sulfide) groups is 1. The van der Waals surface area contributed by atoms with E-state index in [0.717, 1.165) is 26.4 Å². The van der Waals surface area contributed by atoms with Crippen LogP contribution in [0.25, 0.3) is 10.2 Å². The molecular formula is C21H22N2O3S2. The number of fused-ring (bicyclic) bond motifs is 1. The molecule has 0 radical (unpaired) electrons. The minimum absolute atomic E-state index is 0.0490. The van der Waals surface area contributed by atoms with E-state index in [9.17, 15) is 9.59 Å². The molecule has 1 atom stereocenters. The van der Waals surface area contributed by atoms with Crippen molar-refractivity contribution in [1.82, 2.24) is 9.97 Å². The molecule has 0 N–H and O–H groups in total. The van der Waals surface area contributed by atoms with Gasteiger partial charge in [-0.2, -0.15) is 0 Å². The molecule has 0 saturated carbocycles. The first-order valence-corrected chi connectivity index (χ1v) is 10.7. The lowest BCUT2D eigenvalue weighted by atomic mass is 10.1. The molecule has 3 rings (SSSR count). The van der Waals surface area contributed by atoms with E-state index in [0.29, 0.717) is 22.9 Å². The van der Waals surface area contributed by atoms with Crippen molar-refractivity contribution in [2.24, 2.45) is 0 Å². The van der Waals surface area contributed by atoms with Gasteiger partial charge in [0.1, 0.15) is 20.6 Å². The topological polar surface area (TPSA) is 69.2 Å². The number of carbonyl (C=O) groups excluding carboxylic acids is 2. The molecule has 2 heterocycles. The second-order valence-electron chi connectivity index (χ2n) is 6.52. The van der Waals surface area contributed by atoms with E-state index in [1.807, 2.05) is 52.0 Å². The Morgan fingerprint density at radius 3 is 2.46 bits per heavy atom. The van der Waals surface area contributed by atoms with Gasteiger partial charge in [-0.3, -0.25) is 4.79 Å². The molecule has 0 aliphatic heterocycles. The van der Waals surface area contributed by atoms with Crippen LogP contribution < -0.4 is 0 Å². The summed E-state index contributed by atoms with van der Waals surface area (Å²) >= 11 is 2.71. The molecule has 5 nitrogen and oxygen atoms in total. The van der Waals surface area contributed by atoms with Gasteiger partial charge in [0.2, 0.25) is 0 Å². The molecule has 28 heavy (non-hydrogen) atoms. The van der Waals surface area contributed by atoms with Crippen molar-refractivity contribution in [3.63, 3.8) is 0 Å². The Kier molecular flexibility index (Phi) is 6.15. The second-order valence-corrected chi connectivity index (χ2v) is 8.85. The summed E-state index contributed by atoms with van der Waals surface area (Å²) in [4.78, 5) is 35.4. The van der Waals surface area contributed by atoms with Gasteiger partial charge in [-0.15, -0.1) is 11.3 Å². The quantitative estimate of drug-likeness (QED) is 0.240. The Labute approximate surface area is 172 Å². The first-order valence-electron chi connectivity index (χ1n) is 9.04. The van der Waals surface area contributed by atoms with Crippen LogP contribution in [-0.4, -0.2) is 33.6 Å². The maximum Gasteiger partial charge on any atom is 0.348 e. The lowest BCUT2D eigenvalue weighted by Crippen LogP contribution is -2.14. The van der Waals surface area contributed by atoms with Crippen molar-refractivity contribution >= 4 is 45.1 Å². The SMILES string of the molecule is CCOC(=O)c1sc2nc(C)nc(SC(C)C(=O)c3ccc(C)cc3)c2c1C. The third-order valence-corrected chi connectivity index (χ3v) is 6.58.